The van der Waals surface area contributed by atoms with E-state index in [2.05, 4.69) is 26.4 Å². The molecule has 1 heteroatoms. The molecule has 0 saturated heterocycles. The molecular formula is C5H5Te+. The molecule has 0 aliphatic rings. The predicted molar refractivity (Wildman–Crippen MR) is 27.8 cm³/mol. The Labute approximate surface area is 47.1 Å². The zero-order chi connectivity index (χ0) is 4.24. The van der Waals surface area contributed by atoms with Crippen molar-refractivity contribution in [3.8, 4) is 0 Å². The van der Waals surface area contributed by atoms with Crippen LogP contribution >= 0.6 is 0 Å². The summed E-state index contributed by atoms with van der Waals surface area (Å²) in [5, 5.41) is 0. The average molecular weight is 193 g/mol. The van der Waals surface area contributed by atoms with Crippen molar-refractivity contribution in [1.82, 2.24) is 0 Å². The van der Waals surface area contributed by atoms with Crippen molar-refractivity contribution in [2.45, 2.75) is 0 Å². The quantitative estimate of drug-likeness (QED) is 0.539. The van der Waals surface area contributed by atoms with Gasteiger partial charge in [-0.1, -0.05) is 0 Å². The van der Waals surface area contributed by atoms with Crippen LogP contribution in [0.2, 0.25) is 0 Å². The summed E-state index contributed by atoms with van der Waals surface area (Å²) in [5.74, 6) is 0. The van der Waals surface area contributed by atoms with Crippen LogP contribution in [-0.4, -0.2) is 20.4 Å². The predicted octanol–water partition coefficient (Wildman–Crippen LogP) is 1.02. The summed E-state index contributed by atoms with van der Waals surface area (Å²) in [6.45, 7) is 0. The van der Waals surface area contributed by atoms with E-state index in [0.29, 0.717) is 0 Å². The van der Waals surface area contributed by atoms with Crippen molar-refractivity contribution in [2.24, 2.45) is 0 Å². The van der Waals surface area contributed by atoms with Crippen molar-refractivity contribution in [1.29, 1.82) is 0 Å². The van der Waals surface area contributed by atoms with E-state index in [-0.39, 0.29) is 20.4 Å². The van der Waals surface area contributed by atoms with Crippen LogP contribution in [0.4, 0.5) is 0 Å². The van der Waals surface area contributed by atoms with E-state index in [1.807, 2.05) is 0 Å². The molecular weight excluding hydrogens is 188 g/mol. The van der Waals surface area contributed by atoms with Gasteiger partial charge in [0.25, 0.3) is 0 Å². The number of rotatable bonds is 0. The van der Waals surface area contributed by atoms with Crippen LogP contribution in [0.3, 0.4) is 0 Å². The molecule has 1 rings (SSSR count). The Morgan fingerprint density at radius 3 is 1.67 bits per heavy atom. The molecule has 0 N–H and O–H groups in total. The van der Waals surface area contributed by atoms with Crippen molar-refractivity contribution in [3.05, 3.63) is 26.4 Å². The second-order valence-corrected chi connectivity index (χ2v) is 3.32. The standard InChI is InChI=1S/C5H5Te/c1-2-4-6-5-3-1/h1-5H/q+1. The van der Waals surface area contributed by atoms with Crippen molar-refractivity contribution in [3.63, 3.8) is 0 Å². The van der Waals surface area contributed by atoms with E-state index in [1.54, 1.807) is 0 Å². The van der Waals surface area contributed by atoms with Gasteiger partial charge in [-0.15, -0.1) is 0 Å². The van der Waals surface area contributed by atoms with Crippen LogP contribution in [-0.2, 0) is 0 Å². The van der Waals surface area contributed by atoms with Gasteiger partial charge in [0.05, 0.1) is 0 Å². The fourth-order valence-corrected chi connectivity index (χ4v) is 1.59. The Morgan fingerprint density at radius 1 is 0.833 bits per heavy atom. The molecule has 0 nitrogen and oxygen atoms in total. The molecule has 1 aromatic rings. The molecule has 1 aromatic heterocycles. The van der Waals surface area contributed by atoms with Gasteiger partial charge in [-0.05, 0) is 0 Å². The summed E-state index contributed by atoms with van der Waals surface area (Å²) >= 11 is 0.180. The van der Waals surface area contributed by atoms with Crippen LogP contribution in [0.25, 0.3) is 0 Å². The third kappa shape index (κ3) is 1.08. The zero-order valence-electron chi connectivity index (χ0n) is 3.29. The van der Waals surface area contributed by atoms with Crippen LogP contribution in [0.5, 0.6) is 0 Å². The minimum atomic E-state index is 0.180. The van der Waals surface area contributed by atoms with Crippen molar-refractivity contribution in [2.75, 3.05) is 0 Å². The Morgan fingerprint density at radius 2 is 1.50 bits per heavy atom. The van der Waals surface area contributed by atoms with Gasteiger partial charge in [-0.25, -0.2) is 0 Å². The van der Waals surface area contributed by atoms with E-state index in [1.165, 1.54) is 0 Å². The fraction of sp³-hybridized carbons (Fsp3) is 0. The van der Waals surface area contributed by atoms with Gasteiger partial charge in [0.2, 0.25) is 0 Å². The van der Waals surface area contributed by atoms with Gasteiger partial charge < -0.3 is 0 Å². The second kappa shape index (κ2) is 2.34. The van der Waals surface area contributed by atoms with E-state index in [0.717, 1.165) is 0 Å². The first-order valence-electron chi connectivity index (χ1n) is 1.80. The Kier molecular flexibility index (Phi) is 1.68. The molecule has 0 aromatic carbocycles. The molecule has 0 fully saturated rings. The third-order valence-corrected chi connectivity index (χ3v) is 2.33. The Hall–Kier alpha value is 0.140. The van der Waals surface area contributed by atoms with Gasteiger partial charge in [0, 0.05) is 0 Å². The Balaban J connectivity index is 3.00. The SMILES string of the molecule is c1cc[te+]cc1. The van der Waals surface area contributed by atoms with Gasteiger partial charge in [0.1, 0.15) is 0 Å². The first-order chi connectivity index (χ1) is 3.00. The average Bonchev–Trinajstić information content (AvgIpc) is 1.72. The molecule has 0 aliphatic carbocycles. The first-order valence-corrected chi connectivity index (χ1v) is 4.50. The van der Waals surface area contributed by atoms with E-state index < -0.39 is 0 Å². The molecule has 30 valence electrons. The number of hydrogen-bond donors (Lipinski definition) is 0. The summed E-state index contributed by atoms with van der Waals surface area (Å²) < 4.78 is 4.51. The maximum absolute atomic E-state index is 2.26. The normalized spacial score (nSPS) is 8.00. The summed E-state index contributed by atoms with van der Waals surface area (Å²) in [7, 11) is 0. The van der Waals surface area contributed by atoms with E-state index in [9.17, 15) is 0 Å². The zero-order valence-corrected chi connectivity index (χ0v) is 5.63. The molecule has 0 radical (unpaired) electrons. The Bertz CT molecular complexity index is 75.9. The molecule has 6 heavy (non-hydrogen) atoms. The first kappa shape index (κ1) is 4.30. The summed E-state index contributed by atoms with van der Waals surface area (Å²) in [6, 6.07) is 6.29. The molecule has 0 aliphatic heterocycles. The van der Waals surface area contributed by atoms with Gasteiger partial charge in [0.15, 0.2) is 0 Å². The van der Waals surface area contributed by atoms with E-state index in [4.69, 9.17) is 0 Å². The fourth-order valence-electron chi connectivity index (χ4n) is 0.291. The monoisotopic (exact) mass is 195 g/mol. The van der Waals surface area contributed by atoms with Gasteiger partial charge in [-0.2, -0.15) is 0 Å². The summed E-state index contributed by atoms with van der Waals surface area (Å²) in [6.07, 6.45) is 0. The molecule has 0 bridgehead atoms. The minimum absolute atomic E-state index is 0.180. The second-order valence-electron chi connectivity index (χ2n) is 0.986. The van der Waals surface area contributed by atoms with Gasteiger partial charge >= 0.3 is 46.8 Å². The maximum atomic E-state index is 2.26. The molecule has 0 spiro atoms. The van der Waals surface area contributed by atoms with Gasteiger partial charge in [-0.3, -0.25) is 0 Å². The van der Waals surface area contributed by atoms with Crippen LogP contribution in [0, 0.1) is 0 Å². The molecule has 0 amide bonds. The van der Waals surface area contributed by atoms with Crippen LogP contribution in [0.1, 0.15) is 0 Å². The molecule has 0 atom stereocenters. The third-order valence-electron chi connectivity index (χ3n) is 0.536. The topological polar surface area (TPSA) is 0 Å². The summed E-state index contributed by atoms with van der Waals surface area (Å²) in [5.41, 5.74) is 0. The van der Waals surface area contributed by atoms with E-state index >= 15 is 0 Å². The van der Waals surface area contributed by atoms with Crippen molar-refractivity contribution < 1.29 is 0 Å². The van der Waals surface area contributed by atoms with Crippen LogP contribution < -0.4 is 0 Å². The number of hydrogen-bond acceptors (Lipinski definition) is 0. The molecule has 1 heterocycles. The summed E-state index contributed by atoms with van der Waals surface area (Å²) in [4.78, 5) is 0. The molecule has 0 saturated carbocycles. The molecule has 0 unspecified atom stereocenters. The van der Waals surface area contributed by atoms with Crippen LogP contribution in [0.15, 0.2) is 26.4 Å². The van der Waals surface area contributed by atoms with Crippen molar-refractivity contribution >= 4 is 20.4 Å².